The van der Waals surface area contributed by atoms with E-state index in [1.165, 1.54) is 6.07 Å². The van der Waals surface area contributed by atoms with Crippen molar-refractivity contribution in [3.8, 4) is 0 Å². The summed E-state index contributed by atoms with van der Waals surface area (Å²) in [5.41, 5.74) is 2.23. The van der Waals surface area contributed by atoms with E-state index in [1.807, 2.05) is 31.2 Å². The van der Waals surface area contributed by atoms with Crippen molar-refractivity contribution in [2.45, 2.75) is 44.1 Å². The lowest BCUT2D eigenvalue weighted by Gasteiger charge is -2.16. The molecule has 2 aliphatic carbocycles. The van der Waals surface area contributed by atoms with Crippen LogP contribution in [0.5, 0.6) is 0 Å². The number of hydrogen-bond donors (Lipinski definition) is 2. The van der Waals surface area contributed by atoms with Crippen LogP contribution in [0.1, 0.15) is 42.1 Å². The molecule has 0 bridgehead atoms. The summed E-state index contributed by atoms with van der Waals surface area (Å²) >= 11 is 0. The number of carbonyl (C=O) groups is 2. The summed E-state index contributed by atoms with van der Waals surface area (Å²) < 4.78 is 14.1. The van der Waals surface area contributed by atoms with E-state index in [2.05, 4.69) is 15.3 Å². The van der Waals surface area contributed by atoms with Gasteiger partial charge in [0, 0.05) is 18.3 Å². The van der Waals surface area contributed by atoms with Crippen LogP contribution in [0.4, 0.5) is 4.39 Å². The van der Waals surface area contributed by atoms with E-state index in [4.69, 9.17) is 0 Å². The summed E-state index contributed by atoms with van der Waals surface area (Å²) in [7, 11) is 0. The lowest BCUT2D eigenvalue weighted by molar-refractivity contribution is -0.129. The first kappa shape index (κ1) is 18.0. The van der Waals surface area contributed by atoms with Gasteiger partial charge in [0.15, 0.2) is 5.78 Å². The van der Waals surface area contributed by atoms with Crippen LogP contribution in [0.3, 0.4) is 0 Å². The number of amides is 1. The van der Waals surface area contributed by atoms with Crippen molar-refractivity contribution in [3.05, 3.63) is 65.2 Å². The maximum absolute atomic E-state index is 14.1. The molecule has 29 heavy (non-hydrogen) atoms. The van der Waals surface area contributed by atoms with Gasteiger partial charge in [-0.15, -0.1) is 0 Å². The van der Waals surface area contributed by atoms with Gasteiger partial charge in [0.1, 0.15) is 11.6 Å². The zero-order chi connectivity index (χ0) is 20.2. The summed E-state index contributed by atoms with van der Waals surface area (Å²) in [4.78, 5) is 33.4. The number of aromatic nitrogens is 2. The highest BCUT2D eigenvalue weighted by molar-refractivity contribution is 5.98. The molecule has 0 radical (unpaired) electrons. The number of hydrogen-bond acceptors (Lipinski definition) is 3. The first-order valence-corrected chi connectivity index (χ1v) is 10.0. The van der Waals surface area contributed by atoms with Crippen molar-refractivity contribution >= 4 is 22.7 Å². The predicted molar refractivity (Wildman–Crippen MR) is 107 cm³/mol. The number of carbonyl (C=O) groups excluding carboxylic acids is 2. The van der Waals surface area contributed by atoms with E-state index in [9.17, 15) is 14.0 Å². The van der Waals surface area contributed by atoms with Gasteiger partial charge < -0.3 is 10.3 Å². The number of aromatic amines is 1. The second-order valence-electron chi connectivity index (χ2n) is 8.35. The topological polar surface area (TPSA) is 74.8 Å². The van der Waals surface area contributed by atoms with Gasteiger partial charge in [0.2, 0.25) is 5.91 Å². The molecule has 5 nitrogen and oxygen atoms in total. The van der Waals surface area contributed by atoms with Crippen LogP contribution in [0.15, 0.2) is 42.5 Å². The van der Waals surface area contributed by atoms with Gasteiger partial charge in [-0.1, -0.05) is 24.3 Å². The minimum absolute atomic E-state index is 0.00403. The molecule has 1 amide bonds. The number of halogens is 1. The van der Waals surface area contributed by atoms with Gasteiger partial charge in [-0.3, -0.25) is 9.59 Å². The quantitative estimate of drug-likeness (QED) is 0.675. The van der Waals surface area contributed by atoms with Crippen molar-refractivity contribution in [3.63, 3.8) is 0 Å². The first-order chi connectivity index (χ1) is 13.9. The van der Waals surface area contributed by atoms with Crippen LogP contribution in [0, 0.1) is 18.7 Å². The molecule has 6 heteroatoms. The third-order valence-electron chi connectivity index (χ3n) is 6.09. The molecule has 0 aliphatic heterocycles. The zero-order valence-electron chi connectivity index (χ0n) is 16.2. The van der Waals surface area contributed by atoms with Gasteiger partial charge in [-0.05, 0) is 55.5 Å². The average Bonchev–Trinajstić information content (AvgIpc) is 3.61. The fourth-order valence-electron chi connectivity index (χ4n) is 4.00. The molecule has 0 saturated heterocycles. The Morgan fingerprint density at radius 3 is 2.76 bits per heavy atom. The Kier molecular flexibility index (Phi) is 4.05. The molecule has 148 valence electrons. The minimum Gasteiger partial charge on any atom is -0.343 e. The summed E-state index contributed by atoms with van der Waals surface area (Å²) in [6.45, 7) is 1.81. The van der Waals surface area contributed by atoms with Crippen molar-refractivity contribution in [2.75, 3.05) is 0 Å². The molecule has 0 unspecified atom stereocenters. The molecule has 2 fully saturated rings. The Balaban J connectivity index is 1.24. The van der Waals surface area contributed by atoms with Crippen LogP contribution in [-0.4, -0.2) is 27.2 Å². The average molecular weight is 391 g/mol. The number of aryl methyl sites for hydroxylation is 1. The van der Waals surface area contributed by atoms with E-state index >= 15 is 0 Å². The van der Waals surface area contributed by atoms with Crippen LogP contribution in [0.2, 0.25) is 0 Å². The molecular formula is C23H22FN3O2. The van der Waals surface area contributed by atoms with Crippen molar-refractivity contribution < 1.29 is 14.0 Å². The van der Waals surface area contributed by atoms with E-state index in [0.29, 0.717) is 18.4 Å². The molecule has 2 atom stereocenters. The second kappa shape index (κ2) is 6.51. The Labute approximate surface area is 167 Å². The summed E-state index contributed by atoms with van der Waals surface area (Å²) in [5, 5.41) is 2.96. The number of Topliss-reactive ketones (excluding diaryl/α,β-unsaturated/α-hetero) is 1. The third kappa shape index (κ3) is 3.33. The van der Waals surface area contributed by atoms with Crippen molar-refractivity contribution in [2.24, 2.45) is 5.92 Å². The molecule has 2 aliphatic rings. The van der Waals surface area contributed by atoms with Crippen LogP contribution < -0.4 is 5.32 Å². The Hall–Kier alpha value is -3.02. The van der Waals surface area contributed by atoms with Gasteiger partial charge in [0.05, 0.1) is 16.6 Å². The monoisotopic (exact) mass is 391 g/mol. The summed E-state index contributed by atoms with van der Waals surface area (Å²) in [6, 6.07) is 12.7. The molecule has 2 aromatic carbocycles. The molecule has 3 aromatic rings. The van der Waals surface area contributed by atoms with Gasteiger partial charge in [0.25, 0.3) is 0 Å². The summed E-state index contributed by atoms with van der Waals surface area (Å²) in [6.07, 6.45) is 1.97. The summed E-state index contributed by atoms with van der Waals surface area (Å²) in [5.74, 6) is 0.122. The van der Waals surface area contributed by atoms with Crippen LogP contribution >= 0.6 is 0 Å². The smallest absolute Gasteiger partial charge is 0.224 e. The SMILES string of the molecule is Cc1ccc(CC(=O)C2(NC(=O)[C@H]3C[C@@H]3c3nc4ccccc4[nH]3)CC2)c(F)c1. The zero-order valence-corrected chi connectivity index (χ0v) is 16.2. The fraction of sp³-hybridized carbons (Fsp3) is 0.348. The number of para-hydroxylation sites is 2. The number of nitrogens with zero attached hydrogens (tertiary/aromatic N) is 1. The van der Waals surface area contributed by atoms with Crippen LogP contribution in [0.25, 0.3) is 11.0 Å². The molecule has 1 aromatic heterocycles. The Bertz CT molecular complexity index is 1100. The normalized spacial score (nSPS) is 21.7. The van der Waals surface area contributed by atoms with E-state index < -0.39 is 5.54 Å². The second-order valence-corrected chi connectivity index (χ2v) is 8.35. The lowest BCUT2D eigenvalue weighted by atomic mass is 10.0. The number of nitrogens with one attached hydrogen (secondary N) is 2. The molecular weight excluding hydrogens is 369 g/mol. The van der Waals surface area contributed by atoms with Gasteiger partial charge in [-0.25, -0.2) is 9.37 Å². The fourth-order valence-corrected chi connectivity index (χ4v) is 4.00. The number of fused-ring (bicyclic) bond motifs is 1. The van der Waals surface area contributed by atoms with Gasteiger partial charge >= 0.3 is 0 Å². The Morgan fingerprint density at radius 2 is 2.03 bits per heavy atom. The maximum atomic E-state index is 14.1. The number of benzene rings is 2. The van der Waals surface area contributed by atoms with Crippen molar-refractivity contribution in [1.82, 2.24) is 15.3 Å². The van der Waals surface area contributed by atoms with E-state index in [0.717, 1.165) is 28.8 Å². The number of ketones is 1. The van der Waals surface area contributed by atoms with Gasteiger partial charge in [-0.2, -0.15) is 0 Å². The number of rotatable bonds is 6. The molecule has 5 rings (SSSR count). The molecule has 2 saturated carbocycles. The maximum Gasteiger partial charge on any atom is 0.224 e. The predicted octanol–water partition coefficient (Wildman–Crippen LogP) is 3.57. The van der Waals surface area contributed by atoms with Crippen molar-refractivity contribution in [1.29, 1.82) is 0 Å². The highest BCUT2D eigenvalue weighted by Crippen LogP contribution is 2.48. The number of imidazole rings is 1. The highest BCUT2D eigenvalue weighted by Gasteiger charge is 2.54. The van der Waals surface area contributed by atoms with E-state index in [-0.39, 0.29) is 35.8 Å². The Morgan fingerprint density at radius 1 is 1.24 bits per heavy atom. The minimum atomic E-state index is -0.824. The highest BCUT2D eigenvalue weighted by atomic mass is 19.1. The van der Waals surface area contributed by atoms with E-state index in [1.54, 1.807) is 12.1 Å². The first-order valence-electron chi connectivity index (χ1n) is 10.0. The number of H-pyrrole nitrogens is 1. The third-order valence-corrected chi connectivity index (χ3v) is 6.09. The molecule has 0 spiro atoms. The lowest BCUT2D eigenvalue weighted by Crippen LogP contribution is -2.44. The molecule has 2 N–H and O–H groups in total. The largest absolute Gasteiger partial charge is 0.343 e. The molecule has 1 heterocycles. The standard InChI is InChI=1S/C23H22FN3O2/c1-13-6-7-14(17(24)10-13)11-20(28)23(8-9-23)27-22(29)16-12-15(16)21-25-18-4-2-3-5-19(18)26-21/h2-7,10,15-16H,8-9,11-12H2,1H3,(H,25,26)(H,27,29)/t15-,16-/m0/s1. The van der Waals surface area contributed by atoms with Crippen LogP contribution in [-0.2, 0) is 16.0 Å².